The van der Waals surface area contributed by atoms with Gasteiger partial charge in [0.25, 0.3) is 0 Å². The first-order valence-electron chi connectivity index (χ1n) is 5.61. The number of hydrogen-bond acceptors (Lipinski definition) is 1. The van der Waals surface area contributed by atoms with E-state index >= 15 is 0 Å². The monoisotopic (exact) mass is 203 g/mol. The standard InChI is InChI=1S/C11H22ClN/c1-3-11(4-2)13(8-7-12)9-10-5-6-10/h10-11H,3-9H2,1-2H3. The van der Waals surface area contributed by atoms with E-state index in [4.69, 9.17) is 11.6 Å². The third kappa shape index (κ3) is 3.86. The fourth-order valence-corrected chi connectivity index (χ4v) is 2.19. The van der Waals surface area contributed by atoms with E-state index in [0.29, 0.717) is 0 Å². The van der Waals surface area contributed by atoms with Crippen molar-refractivity contribution in [2.75, 3.05) is 19.0 Å². The minimum Gasteiger partial charge on any atom is -0.299 e. The van der Waals surface area contributed by atoms with Crippen molar-refractivity contribution in [1.29, 1.82) is 0 Å². The molecule has 0 aromatic heterocycles. The van der Waals surface area contributed by atoms with Crippen LogP contribution < -0.4 is 0 Å². The fraction of sp³-hybridized carbons (Fsp3) is 1.00. The molecular weight excluding hydrogens is 182 g/mol. The molecule has 1 aliphatic rings. The number of rotatable bonds is 7. The molecule has 0 atom stereocenters. The Balaban J connectivity index is 2.32. The molecule has 0 saturated heterocycles. The molecule has 0 bridgehead atoms. The van der Waals surface area contributed by atoms with Gasteiger partial charge < -0.3 is 0 Å². The van der Waals surface area contributed by atoms with Crippen LogP contribution in [0.3, 0.4) is 0 Å². The molecule has 0 aliphatic heterocycles. The Labute approximate surface area is 87.4 Å². The van der Waals surface area contributed by atoms with Gasteiger partial charge in [-0.15, -0.1) is 11.6 Å². The van der Waals surface area contributed by atoms with Gasteiger partial charge in [0.2, 0.25) is 0 Å². The van der Waals surface area contributed by atoms with Crippen LogP contribution in [0.2, 0.25) is 0 Å². The molecular formula is C11H22ClN. The number of nitrogens with zero attached hydrogens (tertiary/aromatic N) is 1. The normalized spacial score (nSPS) is 17.3. The van der Waals surface area contributed by atoms with Crippen molar-refractivity contribution in [1.82, 2.24) is 4.90 Å². The molecule has 1 saturated carbocycles. The maximum absolute atomic E-state index is 5.82. The van der Waals surface area contributed by atoms with Crippen LogP contribution in [0.25, 0.3) is 0 Å². The maximum Gasteiger partial charge on any atom is 0.0351 e. The molecule has 1 nitrogen and oxygen atoms in total. The third-order valence-electron chi connectivity index (χ3n) is 3.02. The molecule has 2 heteroatoms. The van der Waals surface area contributed by atoms with Gasteiger partial charge in [0, 0.05) is 25.0 Å². The van der Waals surface area contributed by atoms with Crippen molar-refractivity contribution < 1.29 is 0 Å². The number of alkyl halides is 1. The zero-order valence-corrected chi connectivity index (χ0v) is 9.69. The number of hydrogen-bond donors (Lipinski definition) is 0. The first-order chi connectivity index (χ1) is 6.31. The first kappa shape index (κ1) is 11.3. The summed E-state index contributed by atoms with van der Waals surface area (Å²) in [6.45, 7) is 6.92. The lowest BCUT2D eigenvalue weighted by Gasteiger charge is -2.29. The highest BCUT2D eigenvalue weighted by Crippen LogP contribution is 2.30. The van der Waals surface area contributed by atoms with Crippen LogP contribution >= 0.6 is 11.6 Å². The van der Waals surface area contributed by atoms with E-state index in [1.54, 1.807) is 0 Å². The summed E-state index contributed by atoms with van der Waals surface area (Å²) >= 11 is 5.82. The molecule has 1 rings (SSSR count). The van der Waals surface area contributed by atoms with Crippen LogP contribution in [0.1, 0.15) is 39.5 Å². The predicted molar refractivity (Wildman–Crippen MR) is 59.4 cm³/mol. The summed E-state index contributed by atoms with van der Waals surface area (Å²) in [4.78, 5) is 2.59. The van der Waals surface area contributed by atoms with Crippen molar-refractivity contribution >= 4 is 11.6 Å². The van der Waals surface area contributed by atoms with E-state index in [1.807, 2.05) is 0 Å². The van der Waals surface area contributed by atoms with E-state index in [1.165, 1.54) is 32.2 Å². The van der Waals surface area contributed by atoms with Crippen LogP contribution in [-0.2, 0) is 0 Å². The molecule has 0 aromatic carbocycles. The summed E-state index contributed by atoms with van der Waals surface area (Å²) in [5, 5.41) is 0. The minimum absolute atomic E-state index is 0.763. The molecule has 0 radical (unpaired) electrons. The molecule has 1 aliphatic carbocycles. The van der Waals surface area contributed by atoms with Gasteiger partial charge in [-0.05, 0) is 31.6 Å². The third-order valence-corrected chi connectivity index (χ3v) is 3.19. The van der Waals surface area contributed by atoms with Gasteiger partial charge in [-0.1, -0.05) is 13.8 Å². The quantitative estimate of drug-likeness (QED) is 0.575. The van der Waals surface area contributed by atoms with E-state index < -0.39 is 0 Å². The highest BCUT2D eigenvalue weighted by atomic mass is 35.5. The van der Waals surface area contributed by atoms with E-state index in [9.17, 15) is 0 Å². The van der Waals surface area contributed by atoms with Gasteiger partial charge in [-0.3, -0.25) is 4.90 Å². The molecule has 0 N–H and O–H groups in total. The molecule has 78 valence electrons. The summed E-state index contributed by atoms with van der Waals surface area (Å²) < 4.78 is 0. The van der Waals surface area contributed by atoms with Crippen LogP contribution in [0.4, 0.5) is 0 Å². The zero-order chi connectivity index (χ0) is 9.68. The minimum atomic E-state index is 0.763. The molecule has 0 aromatic rings. The molecule has 0 unspecified atom stereocenters. The molecule has 1 fully saturated rings. The average molecular weight is 204 g/mol. The van der Waals surface area contributed by atoms with Crippen LogP contribution in [0, 0.1) is 5.92 Å². The highest BCUT2D eigenvalue weighted by molar-refractivity contribution is 6.18. The molecule has 13 heavy (non-hydrogen) atoms. The fourth-order valence-electron chi connectivity index (χ4n) is 1.97. The Hall–Kier alpha value is 0.250. The van der Waals surface area contributed by atoms with Gasteiger partial charge in [0.15, 0.2) is 0 Å². The highest BCUT2D eigenvalue weighted by Gasteiger charge is 2.26. The summed E-state index contributed by atoms with van der Waals surface area (Å²) in [6.07, 6.45) is 5.41. The number of halogens is 1. The van der Waals surface area contributed by atoms with Crippen molar-refractivity contribution in [3.63, 3.8) is 0 Å². The first-order valence-corrected chi connectivity index (χ1v) is 6.15. The lowest BCUT2D eigenvalue weighted by atomic mass is 10.1. The Morgan fingerprint density at radius 3 is 2.31 bits per heavy atom. The van der Waals surface area contributed by atoms with E-state index in [0.717, 1.165) is 24.4 Å². The SMILES string of the molecule is CCC(CC)N(CCCl)CC1CC1. The molecule has 0 amide bonds. The van der Waals surface area contributed by atoms with Crippen molar-refractivity contribution in [2.24, 2.45) is 5.92 Å². The molecule has 0 heterocycles. The van der Waals surface area contributed by atoms with Crippen molar-refractivity contribution in [3.8, 4) is 0 Å². The van der Waals surface area contributed by atoms with Crippen LogP contribution in [0.5, 0.6) is 0 Å². The summed E-state index contributed by atoms with van der Waals surface area (Å²) in [6, 6.07) is 0.763. The van der Waals surface area contributed by atoms with Crippen molar-refractivity contribution in [2.45, 2.75) is 45.6 Å². The Morgan fingerprint density at radius 2 is 1.92 bits per heavy atom. The van der Waals surface area contributed by atoms with Crippen LogP contribution in [0.15, 0.2) is 0 Å². The summed E-state index contributed by atoms with van der Waals surface area (Å²) in [7, 11) is 0. The topological polar surface area (TPSA) is 3.24 Å². The lowest BCUT2D eigenvalue weighted by molar-refractivity contribution is 0.189. The van der Waals surface area contributed by atoms with E-state index in [-0.39, 0.29) is 0 Å². The largest absolute Gasteiger partial charge is 0.299 e. The second kappa shape index (κ2) is 5.87. The lowest BCUT2D eigenvalue weighted by Crippen LogP contribution is -2.37. The maximum atomic E-state index is 5.82. The summed E-state index contributed by atoms with van der Waals surface area (Å²) in [5.74, 6) is 1.77. The second-order valence-electron chi connectivity index (χ2n) is 4.10. The van der Waals surface area contributed by atoms with Gasteiger partial charge in [-0.2, -0.15) is 0 Å². The smallest absolute Gasteiger partial charge is 0.0351 e. The Morgan fingerprint density at radius 1 is 1.31 bits per heavy atom. The van der Waals surface area contributed by atoms with Crippen LogP contribution in [-0.4, -0.2) is 29.9 Å². The predicted octanol–water partition coefficient (Wildman–Crippen LogP) is 3.13. The molecule has 0 spiro atoms. The second-order valence-corrected chi connectivity index (χ2v) is 4.48. The Kier molecular flexibility index (Phi) is 5.12. The van der Waals surface area contributed by atoms with Gasteiger partial charge in [0.05, 0.1) is 0 Å². The van der Waals surface area contributed by atoms with Gasteiger partial charge >= 0.3 is 0 Å². The van der Waals surface area contributed by atoms with Crippen molar-refractivity contribution in [3.05, 3.63) is 0 Å². The van der Waals surface area contributed by atoms with Gasteiger partial charge in [-0.25, -0.2) is 0 Å². The Bertz CT molecular complexity index is 130. The van der Waals surface area contributed by atoms with E-state index in [2.05, 4.69) is 18.7 Å². The van der Waals surface area contributed by atoms with Gasteiger partial charge in [0.1, 0.15) is 0 Å². The zero-order valence-electron chi connectivity index (χ0n) is 8.93. The average Bonchev–Trinajstić information content (AvgIpc) is 2.91. The summed E-state index contributed by atoms with van der Waals surface area (Å²) in [5.41, 5.74) is 0.